The van der Waals surface area contributed by atoms with Crippen LogP contribution >= 0.6 is 11.6 Å². The van der Waals surface area contributed by atoms with E-state index in [1.165, 1.54) is 11.1 Å². The third-order valence-corrected chi connectivity index (χ3v) is 3.83. The molecular weight excluding hydrogens is 256 g/mol. The van der Waals surface area contributed by atoms with Crippen molar-refractivity contribution in [2.24, 2.45) is 0 Å². The lowest BCUT2D eigenvalue weighted by Gasteiger charge is -2.18. The molecule has 1 atom stereocenters. The highest BCUT2D eigenvalue weighted by molar-refractivity contribution is 6.35. The van der Waals surface area contributed by atoms with Gasteiger partial charge in [-0.05, 0) is 36.2 Å². The summed E-state index contributed by atoms with van der Waals surface area (Å²) in [5, 5.41) is 1.91. The van der Waals surface area contributed by atoms with Crippen molar-refractivity contribution in [1.29, 1.82) is 0 Å². The van der Waals surface area contributed by atoms with Crippen LogP contribution in [0, 0.1) is 0 Å². The van der Waals surface area contributed by atoms with Gasteiger partial charge in [0.2, 0.25) is 0 Å². The van der Waals surface area contributed by atoms with Gasteiger partial charge in [-0.1, -0.05) is 30.7 Å². The van der Waals surface area contributed by atoms with Crippen LogP contribution in [-0.4, -0.2) is 9.55 Å². The van der Waals surface area contributed by atoms with Gasteiger partial charge < -0.3 is 4.57 Å². The van der Waals surface area contributed by atoms with Gasteiger partial charge in [0.25, 0.3) is 0 Å². The van der Waals surface area contributed by atoms with Crippen molar-refractivity contribution < 1.29 is 0 Å². The molecule has 0 radical (unpaired) electrons. The summed E-state index contributed by atoms with van der Waals surface area (Å²) >= 11 is 6.24. The third-order valence-electron chi connectivity index (χ3n) is 3.50. The molecule has 3 rings (SSSR count). The fraction of sp³-hybridized carbons (Fsp3) is 0.188. The number of rotatable bonds is 3. The Kier molecular flexibility index (Phi) is 3.26. The fourth-order valence-corrected chi connectivity index (χ4v) is 2.82. The molecule has 0 aliphatic carbocycles. The molecule has 2 nitrogen and oxygen atoms in total. The van der Waals surface area contributed by atoms with Crippen molar-refractivity contribution in [3.05, 3.63) is 65.6 Å². The first kappa shape index (κ1) is 12.2. The van der Waals surface area contributed by atoms with Crippen molar-refractivity contribution >= 4 is 22.5 Å². The molecule has 0 N–H and O–H groups in total. The van der Waals surface area contributed by atoms with Gasteiger partial charge in [-0.3, -0.25) is 4.98 Å². The summed E-state index contributed by atoms with van der Waals surface area (Å²) in [5.41, 5.74) is 2.39. The number of nitrogens with zero attached hydrogens (tertiary/aromatic N) is 2. The normalized spacial score (nSPS) is 12.7. The maximum Gasteiger partial charge on any atom is 0.0598 e. The topological polar surface area (TPSA) is 17.8 Å². The van der Waals surface area contributed by atoms with Crippen LogP contribution < -0.4 is 0 Å². The Hall–Kier alpha value is -1.80. The molecule has 19 heavy (non-hydrogen) atoms. The zero-order valence-electron chi connectivity index (χ0n) is 10.8. The lowest BCUT2D eigenvalue weighted by atomic mass is 10.1. The lowest BCUT2D eigenvalue weighted by molar-refractivity contribution is 0.583. The Morgan fingerprint density at radius 3 is 2.84 bits per heavy atom. The number of pyridine rings is 1. The predicted octanol–water partition coefficient (Wildman–Crippen LogP) is 4.69. The second-order valence-corrected chi connectivity index (χ2v) is 5.01. The molecule has 1 unspecified atom stereocenters. The first-order valence-corrected chi connectivity index (χ1v) is 6.84. The Bertz CT molecular complexity index is 688. The number of benzene rings is 1. The second-order valence-electron chi connectivity index (χ2n) is 4.61. The minimum atomic E-state index is 0.296. The molecule has 3 heteroatoms. The molecule has 96 valence electrons. The summed E-state index contributed by atoms with van der Waals surface area (Å²) in [5.74, 6) is 0. The number of hydrogen-bond donors (Lipinski definition) is 0. The van der Waals surface area contributed by atoms with Gasteiger partial charge in [0, 0.05) is 29.0 Å². The van der Waals surface area contributed by atoms with Gasteiger partial charge in [-0.2, -0.15) is 0 Å². The summed E-state index contributed by atoms with van der Waals surface area (Å²) < 4.78 is 2.28. The molecule has 0 spiro atoms. The molecule has 1 aromatic carbocycles. The van der Waals surface area contributed by atoms with Gasteiger partial charge in [0.15, 0.2) is 0 Å². The molecule has 2 aromatic heterocycles. The van der Waals surface area contributed by atoms with E-state index in [4.69, 9.17) is 11.6 Å². The SMILES string of the molecule is CCC(c1cccnc1)n1ccc2c(Cl)cccc21. The zero-order chi connectivity index (χ0) is 13.2. The van der Waals surface area contributed by atoms with E-state index < -0.39 is 0 Å². The standard InChI is InChI=1S/C16H15ClN2/c1-2-15(12-5-4-9-18-11-12)19-10-8-13-14(17)6-3-7-16(13)19/h3-11,15H,2H2,1H3. The monoisotopic (exact) mass is 270 g/mol. The Morgan fingerprint density at radius 1 is 1.21 bits per heavy atom. The third kappa shape index (κ3) is 2.13. The molecule has 0 amide bonds. The van der Waals surface area contributed by atoms with Crippen molar-refractivity contribution in [3.8, 4) is 0 Å². The van der Waals surface area contributed by atoms with Crippen LogP contribution in [0.2, 0.25) is 5.02 Å². The largest absolute Gasteiger partial charge is 0.340 e. The van der Waals surface area contributed by atoms with Crippen LogP contribution in [0.15, 0.2) is 55.0 Å². The summed E-state index contributed by atoms with van der Waals surface area (Å²) in [6, 6.07) is 12.5. The van der Waals surface area contributed by atoms with Crippen LogP contribution in [0.1, 0.15) is 24.9 Å². The number of fused-ring (bicyclic) bond motifs is 1. The van der Waals surface area contributed by atoms with Gasteiger partial charge in [-0.25, -0.2) is 0 Å². The average Bonchev–Trinajstić information content (AvgIpc) is 2.87. The van der Waals surface area contributed by atoms with Gasteiger partial charge in [0.1, 0.15) is 0 Å². The molecule has 0 bridgehead atoms. The molecule has 2 heterocycles. The highest BCUT2D eigenvalue weighted by atomic mass is 35.5. The van der Waals surface area contributed by atoms with E-state index in [1.54, 1.807) is 6.20 Å². The number of hydrogen-bond acceptors (Lipinski definition) is 1. The van der Waals surface area contributed by atoms with Crippen molar-refractivity contribution in [2.75, 3.05) is 0 Å². The van der Waals surface area contributed by atoms with E-state index in [1.807, 2.05) is 24.4 Å². The van der Waals surface area contributed by atoms with E-state index in [0.717, 1.165) is 16.8 Å². The lowest BCUT2D eigenvalue weighted by Crippen LogP contribution is -2.08. The van der Waals surface area contributed by atoms with Crippen LogP contribution in [0.25, 0.3) is 10.9 Å². The zero-order valence-corrected chi connectivity index (χ0v) is 11.5. The van der Waals surface area contributed by atoms with E-state index >= 15 is 0 Å². The van der Waals surface area contributed by atoms with E-state index in [-0.39, 0.29) is 0 Å². The molecular formula is C16H15ClN2. The van der Waals surface area contributed by atoms with E-state index in [2.05, 4.69) is 40.9 Å². The first-order chi connectivity index (χ1) is 9.31. The summed E-state index contributed by atoms with van der Waals surface area (Å²) in [4.78, 5) is 4.22. The molecule has 0 aliphatic rings. The Morgan fingerprint density at radius 2 is 2.11 bits per heavy atom. The van der Waals surface area contributed by atoms with Gasteiger partial charge in [0.05, 0.1) is 11.6 Å². The smallest absolute Gasteiger partial charge is 0.0598 e. The van der Waals surface area contributed by atoms with Crippen LogP contribution in [0.3, 0.4) is 0 Å². The average molecular weight is 271 g/mol. The van der Waals surface area contributed by atoms with Gasteiger partial charge in [-0.15, -0.1) is 0 Å². The van der Waals surface area contributed by atoms with Crippen molar-refractivity contribution in [3.63, 3.8) is 0 Å². The minimum absolute atomic E-state index is 0.296. The van der Waals surface area contributed by atoms with Crippen LogP contribution in [0.4, 0.5) is 0 Å². The van der Waals surface area contributed by atoms with Crippen molar-refractivity contribution in [1.82, 2.24) is 9.55 Å². The minimum Gasteiger partial charge on any atom is -0.340 e. The number of aromatic nitrogens is 2. The molecule has 0 aliphatic heterocycles. The quantitative estimate of drug-likeness (QED) is 0.675. The van der Waals surface area contributed by atoms with Crippen molar-refractivity contribution in [2.45, 2.75) is 19.4 Å². The molecule has 0 fully saturated rings. The Balaban J connectivity index is 2.15. The first-order valence-electron chi connectivity index (χ1n) is 6.46. The second kappa shape index (κ2) is 5.06. The Labute approximate surface area is 117 Å². The maximum absolute atomic E-state index is 6.24. The fourth-order valence-electron chi connectivity index (χ4n) is 2.59. The van der Waals surface area contributed by atoms with Crippen LogP contribution in [0.5, 0.6) is 0 Å². The van der Waals surface area contributed by atoms with E-state index in [9.17, 15) is 0 Å². The van der Waals surface area contributed by atoms with Crippen LogP contribution in [-0.2, 0) is 0 Å². The molecule has 3 aromatic rings. The maximum atomic E-state index is 6.24. The summed E-state index contributed by atoms with van der Waals surface area (Å²) in [6.45, 7) is 2.19. The molecule has 0 saturated carbocycles. The molecule has 0 saturated heterocycles. The highest BCUT2D eigenvalue weighted by Gasteiger charge is 2.14. The highest BCUT2D eigenvalue weighted by Crippen LogP contribution is 2.30. The van der Waals surface area contributed by atoms with E-state index in [0.29, 0.717) is 6.04 Å². The summed E-state index contributed by atoms with van der Waals surface area (Å²) in [6.07, 6.45) is 6.87. The summed E-state index contributed by atoms with van der Waals surface area (Å²) in [7, 11) is 0. The van der Waals surface area contributed by atoms with Gasteiger partial charge >= 0.3 is 0 Å². The number of halogens is 1. The predicted molar refractivity (Wildman–Crippen MR) is 79.6 cm³/mol.